The van der Waals surface area contributed by atoms with E-state index in [0.717, 1.165) is 50.4 Å². The lowest BCUT2D eigenvalue weighted by Gasteiger charge is -2.12. The summed E-state index contributed by atoms with van der Waals surface area (Å²) in [7, 11) is 0. The number of para-hydroxylation sites is 1. The van der Waals surface area contributed by atoms with E-state index >= 15 is 0 Å². The van der Waals surface area contributed by atoms with E-state index in [1.54, 1.807) is 0 Å². The Bertz CT molecular complexity index is 707. The first kappa shape index (κ1) is 25.6. The van der Waals surface area contributed by atoms with Crippen LogP contribution in [0, 0.1) is 0 Å². The standard InChI is InChI=1S/C22H34N4O2.HI/c1-3-5-15-27-17-18-28-16-14-26-22(23-4-2)25-13-11-20-9-6-8-19-10-7-12-24-21(19)20;/h6-10,12H,3-5,11,13-18H2,1-2H3,(H2,23,25,26);1H. The predicted molar refractivity (Wildman–Crippen MR) is 131 cm³/mol. The SMILES string of the molecule is CCCCOCCOCCN=C(NCC)NCCc1cccc2cccnc12.I. The van der Waals surface area contributed by atoms with Crippen molar-refractivity contribution >= 4 is 40.8 Å². The molecule has 0 radical (unpaired) electrons. The number of hydrogen-bond donors (Lipinski definition) is 2. The number of ether oxygens (including phenoxy) is 2. The first-order valence-corrected chi connectivity index (χ1v) is 10.4. The molecule has 0 saturated heterocycles. The molecular weight excluding hydrogens is 479 g/mol. The van der Waals surface area contributed by atoms with Crippen LogP contribution in [0.15, 0.2) is 41.5 Å². The number of guanidine groups is 1. The maximum absolute atomic E-state index is 5.57. The van der Waals surface area contributed by atoms with Crippen molar-refractivity contribution in [3.05, 3.63) is 42.1 Å². The van der Waals surface area contributed by atoms with Crippen molar-refractivity contribution in [3.8, 4) is 0 Å². The quantitative estimate of drug-likeness (QED) is 0.184. The predicted octanol–water partition coefficient (Wildman–Crippen LogP) is 3.78. The summed E-state index contributed by atoms with van der Waals surface area (Å²) in [6.45, 7) is 9.17. The zero-order valence-electron chi connectivity index (χ0n) is 17.7. The highest BCUT2D eigenvalue weighted by atomic mass is 127. The van der Waals surface area contributed by atoms with E-state index in [1.165, 1.54) is 10.9 Å². The van der Waals surface area contributed by atoms with E-state index in [4.69, 9.17) is 9.47 Å². The van der Waals surface area contributed by atoms with E-state index in [1.807, 2.05) is 12.3 Å². The highest BCUT2D eigenvalue weighted by Gasteiger charge is 2.03. The number of nitrogens with zero attached hydrogens (tertiary/aromatic N) is 2. The monoisotopic (exact) mass is 514 g/mol. The van der Waals surface area contributed by atoms with Crippen LogP contribution in [-0.2, 0) is 15.9 Å². The number of aliphatic imine (C=N–C) groups is 1. The van der Waals surface area contributed by atoms with Crippen molar-refractivity contribution in [3.63, 3.8) is 0 Å². The van der Waals surface area contributed by atoms with Crippen LogP contribution in [0.2, 0.25) is 0 Å². The zero-order valence-corrected chi connectivity index (χ0v) is 20.0. The van der Waals surface area contributed by atoms with Gasteiger partial charge in [0.05, 0.1) is 31.9 Å². The maximum Gasteiger partial charge on any atom is 0.191 e. The summed E-state index contributed by atoms with van der Waals surface area (Å²) in [6.07, 6.45) is 5.01. The number of aromatic nitrogens is 1. The summed E-state index contributed by atoms with van der Waals surface area (Å²) in [5, 5.41) is 7.84. The van der Waals surface area contributed by atoms with Crippen molar-refractivity contribution < 1.29 is 9.47 Å². The Labute approximate surface area is 191 Å². The number of unbranched alkanes of at least 4 members (excludes halogenated alkanes) is 1. The maximum atomic E-state index is 5.57. The second-order valence-electron chi connectivity index (χ2n) is 6.51. The number of halogens is 1. The van der Waals surface area contributed by atoms with Crippen LogP contribution < -0.4 is 10.6 Å². The molecule has 2 aromatic rings. The molecule has 0 aliphatic rings. The lowest BCUT2D eigenvalue weighted by Crippen LogP contribution is -2.38. The molecule has 0 aliphatic heterocycles. The first-order valence-electron chi connectivity index (χ1n) is 10.4. The van der Waals surface area contributed by atoms with Gasteiger partial charge in [0.15, 0.2) is 5.96 Å². The third-order valence-electron chi connectivity index (χ3n) is 4.27. The number of fused-ring (bicyclic) bond motifs is 1. The Morgan fingerprint density at radius 3 is 2.59 bits per heavy atom. The van der Waals surface area contributed by atoms with Gasteiger partial charge in [0, 0.05) is 31.3 Å². The average Bonchev–Trinajstić information content (AvgIpc) is 2.72. The van der Waals surface area contributed by atoms with E-state index in [9.17, 15) is 0 Å². The number of nitrogens with one attached hydrogen (secondary N) is 2. The Kier molecular flexibility index (Phi) is 14.4. The number of benzene rings is 1. The Hall–Kier alpha value is -1.45. The summed E-state index contributed by atoms with van der Waals surface area (Å²) in [5.41, 5.74) is 2.32. The van der Waals surface area contributed by atoms with Crippen molar-refractivity contribution in [2.75, 3.05) is 46.1 Å². The Balaban J connectivity index is 0.00000420. The molecule has 0 unspecified atom stereocenters. The van der Waals surface area contributed by atoms with Crippen molar-refractivity contribution in [2.45, 2.75) is 33.1 Å². The van der Waals surface area contributed by atoms with Crippen molar-refractivity contribution in [1.82, 2.24) is 15.6 Å². The molecule has 1 heterocycles. The van der Waals surface area contributed by atoms with Crippen LogP contribution in [0.5, 0.6) is 0 Å². The lowest BCUT2D eigenvalue weighted by molar-refractivity contribution is 0.0497. The van der Waals surface area contributed by atoms with Gasteiger partial charge in [-0.2, -0.15) is 0 Å². The molecule has 0 atom stereocenters. The molecule has 1 aromatic carbocycles. The number of pyridine rings is 1. The smallest absolute Gasteiger partial charge is 0.191 e. The van der Waals surface area contributed by atoms with Gasteiger partial charge in [0.1, 0.15) is 0 Å². The van der Waals surface area contributed by atoms with Crippen LogP contribution >= 0.6 is 24.0 Å². The molecular formula is C22H35IN4O2. The van der Waals surface area contributed by atoms with E-state index in [0.29, 0.717) is 26.4 Å². The number of rotatable bonds is 13. The molecule has 0 amide bonds. The first-order chi connectivity index (χ1) is 13.8. The van der Waals surface area contributed by atoms with Gasteiger partial charge in [-0.1, -0.05) is 37.6 Å². The fraction of sp³-hybridized carbons (Fsp3) is 0.545. The molecule has 2 rings (SSSR count). The van der Waals surface area contributed by atoms with Crippen LogP contribution in [0.3, 0.4) is 0 Å². The fourth-order valence-corrected chi connectivity index (χ4v) is 2.82. The van der Waals surface area contributed by atoms with Crippen LogP contribution in [0.25, 0.3) is 10.9 Å². The van der Waals surface area contributed by atoms with Crippen LogP contribution in [0.4, 0.5) is 0 Å². The molecule has 2 N–H and O–H groups in total. The van der Waals surface area contributed by atoms with Crippen LogP contribution in [-0.4, -0.2) is 57.0 Å². The third kappa shape index (κ3) is 10.2. The minimum Gasteiger partial charge on any atom is -0.379 e. The molecule has 7 heteroatoms. The van der Waals surface area contributed by atoms with Crippen LogP contribution in [0.1, 0.15) is 32.3 Å². The largest absolute Gasteiger partial charge is 0.379 e. The highest BCUT2D eigenvalue weighted by Crippen LogP contribution is 2.15. The summed E-state index contributed by atoms with van der Waals surface area (Å²) in [5.74, 6) is 0.818. The minimum absolute atomic E-state index is 0. The van der Waals surface area contributed by atoms with Gasteiger partial charge in [-0.25, -0.2) is 0 Å². The molecule has 0 fully saturated rings. The van der Waals surface area contributed by atoms with Gasteiger partial charge in [-0.05, 0) is 31.4 Å². The summed E-state index contributed by atoms with van der Waals surface area (Å²) in [6, 6.07) is 10.4. The molecule has 6 nitrogen and oxygen atoms in total. The van der Waals surface area contributed by atoms with Gasteiger partial charge in [-0.3, -0.25) is 9.98 Å². The van der Waals surface area contributed by atoms with Gasteiger partial charge in [-0.15, -0.1) is 24.0 Å². The summed E-state index contributed by atoms with van der Waals surface area (Å²) in [4.78, 5) is 9.08. The van der Waals surface area contributed by atoms with Gasteiger partial charge < -0.3 is 20.1 Å². The lowest BCUT2D eigenvalue weighted by atomic mass is 10.1. The number of hydrogen-bond acceptors (Lipinski definition) is 4. The molecule has 0 spiro atoms. The minimum atomic E-state index is 0. The second-order valence-corrected chi connectivity index (χ2v) is 6.51. The molecule has 0 bridgehead atoms. The molecule has 0 saturated carbocycles. The highest BCUT2D eigenvalue weighted by molar-refractivity contribution is 14.0. The van der Waals surface area contributed by atoms with Crippen molar-refractivity contribution in [2.24, 2.45) is 4.99 Å². The fourth-order valence-electron chi connectivity index (χ4n) is 2.82. The average molecular weight is 514 g/mol. The second kappa shape index (κ2) is 16.4. The molecule has 162 valence electrons. The molecule has 1 aromatic heterocycles. The Morgan fingerprint density at radius 2 is 1.79 bits per heavy atom. The molecule has 0 aliphatic carbocycles. The summed E-state index contributed by atoms with van der Waals surface area (Å²) >= 11 is 0. The van der Waals surface area contributed by atoms with Gasteiger partial charge in [0.2, 0.25) is 0 Å². The summed E-state index contributed by atoms with van der Waals surface area (Å²) < 4.78 is 11.0. The molecule has 29 heavy (non-hydrogen) atoms. The van der Waals surface area contributed by atoms with Gasteiger partial charge in [0.25, 0.3) is 0 Å². The Morgan fingerprint density at radius 1 is 1.00 bits per heavy atom. The van der Waals surface area contributed by atoms with E-state index in [2.05, 4.69) is 58.7 Å². The van der Waals surface area contributed by atoms with E-state index in [-0.39, 0.29) is 24.0 Å². The normalized spacial score (nSPS) is 11.3. The van der Waals surface area contributed by atoms with Crippen molar-refractivity contribution in [1.29, 1.82) is 0 Å². The zero-order chi connectivity index (χ0) is 19.9. The third-order valence-corrected chi connectivity index (χ3v) is 4.27. The van der Waals surface area contributed by atoms with Gasteiger partial charge >= 0.3 is 0 Å². The van der Waals surface area contributed by atoms with E-state index < -0.39 is 0 Å². The topological polar surface area (TPSA) is 67.8 Å².